The molecule has 1 unspecified atom stereocenters. The Morgan fingerprint density at radius 2 is 2.05 bits per heavy atom. The lowest BCUT2D eigenvalue weighted by Gasteiger charge is -2.27. The Labute approximate surface area is 125 Å². The molecule has 0 spiro atoms. The van der Waals surface area contributed by atoms with Crippen LogP contribution in [0.2, 0.25) is 0 Å². The molecule has 2 nitrogen and oxygen atoms in total. The summed E-state index contributed by atoms with van der Waals surface area (Å²) in [6.45, 7) is 2.14. The Morgan fingerprint density at radius 1 is 1.37 bits per heavy atom. The zero-order valence-electron chi connectivity index (χ0n) is 12.0. The second-order valence-corrected chi connectivity index (χ2v) is 6.55. The predicted octanol–water partition coefficient (Wildman–Crippen LogP) is 4.11. The van der Waals surface area contributed by atoms with E-state index in [9.17, 15) is 0 Å². The minimum atomic E-state index is 0.259. The Hall–Kier alpha value is -0.540. The summed E-state index contributed by atoms with van der Waals surface area (Å²) in [5.41, 5.74) is 8.67. The largest absolute Gasteiger partial charge is 0.372 e. The third-order valence-corrected chi connectivity index (χ3v) is 5.06. The Bertz CT molecular complexity index is 413. The van der Waals surface area contributed by atoms with Crippen molar-refractivity contribution in [2.75, 3.05) is 11.9 Å². The minimum Gasteiger partial charge on any atom is -0.372 e. The molecule has 0 aliphatic heterocycles. The molecule has 1 fully saturated rings. The van der Waals surface area contributed by atoms with Crippen LogP contribution < -0.4 is 10.6 Å². The molecule has 1 saturated carbocycles. The van der Waals surface area contributed by atoms with Gasteiger partial charge < -0.3 is 10.6 Å². The van der Waals surface area contributed by atoms with Gasteiger partial charge in [-0.1, -0.05) is 41.8 Å². The summed E-state index contributed by atoms with van der Waals surface area (Å²) in [7, 11) is 2.22. The molecule has 2 rings (SSSR count). The van der Waals surface area contributed by atoms with Gasteiger partial charge in [-0.25, -0.2) is 0 Å². The lowest BCUT2D eigenvalue weighted by Crippen LogP contribution is -2.28. The van der Waals surface area contributed by atoms with Crippen molar-refractivity contribution in [3.63, 3.8) is 0 Å². The predicted molar refractivity (Wildman–Crippen MR) is 86.8 cm³/mol. The van der Waals surface area contributed by atoms with E-state index < -0.39 is 0 Å². The van der Waals surface area contributed by atoms with E-state index in [2.05, 4.69) is 53.0 Å². The molecule has 3 heteroatoms. The van der Waals surface area contributed by atoms with Gasteiger partial charge in [-0.3, -0.25) is 0 Å². The molecule has 0 heterocycles. The zero-order valence-corrected chi connectivity index (χ0v) is 13.6. The van der Waals surface area contributed by atoms with Gasteiger partial charge in [0.15, 0.2) is 0 Å². The van der Waals surface area contributed by atoms with Gasteiger partial charge in [0.1, 0.15) is 0 Å². The fourth-order valence-corrected chi connectivity index (χ4v) is 3.38. The minimum absolute atomic E-state index is 0.259. The molecule has 106 valence electrons. The van der Waals surface area contributed by atoms with Gasteiger partial charge in [-0.2, -0.15) is 0 Å². The number of halogens is 1. The highest BCUT2D eigenvalue weighted by atomic mass is 79.9. The van der Waals surface area contributed by atoms with E-state index in [1.54, 1.807) is 0 Å². The lowest BCUT2D eigenvalue weighted by atomic mass is 10.0. The Balaban J connectivity index is 2.09. The topological polar surface area (TPSA) is 29.3 Å². The highest BCUT2D eigenvalue weighted by Crippen LogP contribution is 2.30. The summed E-state index contributed by atoms with van der Waals surface area (Å²) in [4.78, 5) is 2.43. The molecule has 1 aliphatic carbocycles. The first-order valence-electron chi connectivity index (χ1n) is 7.38. The van der Waals surface area contributed by atoms with Gasteiger partial charge in [0.2, 0.25) is 0 Å². The maximum absolute atomic E-state index is 6.04. The van der Waals surface area contributed by atoms with Gasteiger partial charge >= 0.3 is 0 Å². The van der Waals surface area contributed by atoms with Crippen LogP contribution in [-0.2, 0) is 6.42 Å². The van der Waals surface area contributed by atoms with Gasteiger partial charge in [0, 0.05) is 29.3 Å². The van der Waals surface area contributed by atoms with Crippen LogP contribution in [0.5, 0.6) is 0 Å². The lowest BCUT2D eigenvalue weighted by molar-refractivity contribution is 0.643. The van der Waals surface area contributed by atoms with Crippen LogP contribution in [0, 0.1) is 0 Å². The summed E-state index contributed by atoms with van der Waals surface area (Å²) in [5, 5.41) is 0. The van der Waals surface area contributed by atoms with Crippen molar-refractivity contribution in [3.05, 3.63) is 28.2 Å². The molecule has 0 saturated heterocycles. The summed E-state index contributed by atoms with van der Waals surface area (Å²) in [6, 6.07) is 7.68. The van der Waals surface area contributed by atoms with Crippen molar-refractivity contribution < 1.29 is 0 Å². The molecule has 0 bridgehead atoms. The zero-order chi connectivity index (χ0) is 13.8. The first kappa shape index (κ1) is 14.9. The number of nitrogens with zero attached hydrogens (tertiary/aromatic N) is 1. The van der Waals surface area contributed by atoms with Crippen LogP contribution >= 0.6 is 15.9 Å². The highest BCUT2D eigenvalue weighted by Gasteiger charge is 2.20. The summed E-state index contributed by atoms with van der Waals surface area (Å²) >= 11 is 3.70. The van der Waals surface area contributed by atoms with Gasteiger partial charge in [-0.05, 0) is 43.4 Å². The summed E-state index contributed by atoms with van der Waals surface area (Å²) in [6.07, 6.45) is 7.38. The van der Waals surface area contributed by atoms with Gasteiger partial charge in [0.05, 0.1) is 0 Å². The molecule has 0 radical (unpaired) electrons. The quantitative estimate of drug-likeness (QED) is 0.883. The fraction of sp³-hybridized carbons (Fsp3) is 0.625. The second kappa shape index (κ2) is 6.76. The number of benzene rings is 1. The number of hydrogen-bond donors (Lipinski definition) is 1. The first-order chi connectivity index (χ1) is 9.11. The van der Waals surface area contributed by atoms with E-state index in [4.69, 9.17) is 5.73 Å². The number of hydrogen-bond acceptors (Lipinski definition) is 2. The number of nitrogens with two attached hydrogens (primary N) is 1. The third-order valence-electron chi connectivity index (χ3n) is 4.32. The molecule has 1 aliphatic rings. The van der Waals surface area contributed by atoms with E-state index in [0.717, 1.165) is 18.9 Å². The van der Waals surface area contributed by atoms with Crippen LogP contribution in [0.4, 0.5) is 5.69 Å². The first-order valence-corrected chi connectivity index (χ1v) is 8.18. The molecular formula is C16H25BrN2. The molecule has 19 heavy (non-hydrogen) atoms. The second-order valence-electron chi connectivity index (χ2n) is 5.70. The van der Waals surface area contributed by atoms with E-state index in [1.807, 2.05) is 0 Å². The molecule has 1 aromatic carbocycles. The number of anilines is 1. The molecule has 0 aromatic heterocycles. The fourth-order valence-electron chi connectivity index (χ4n) is 2.85. The molecular weight excluding hydrogens is 300 g/mol. The van der Waals surface area contributed by atoms with Gasteiger partial charge in [0.25, 0.3) is 0 Å². The van der Waals surface area contributed by atoms with Crippen LogP contribution in [-0.4, -0.2) is 19.1 Å². The maximum atomic E-state index is 6.04. The summed E-state index contributed by atoms with van der Waals surface area (Å²) in [5.74, 6) is 0. The van der Waals surface area contributed by atoms with Crippen molar-refractivity contribution in [3.8, 4) is 0 Å². The van der Waals surface area contributed by atoms with Crippen molar-refractivity contribution in [2.45, 2.75) is 57.5 Å². The van der Waals surface area contributed by atoms with E-state index in [0.29, 0.717) is 0 Å². The van der Waals surface area contributed by atoms with Crippen LogP contribution in [0.15, 0.2) is 22.7 Å². The van der Waals surface area contributed by atoms with Gasteiger partial charge in [-0.15, -0.1) is 0 Å². The monoisotopic (exact) mass is 324 g/mol. The van der Waals surface area contributed by atoms with E-state index in [1.165, 1.54) is 41.4 Å². The third kappa shape index (κ3) is 3.73. The standard InChI is InChI=1S/C16H25BrN2/c1-3-13(18)10-12-8-9-15(11-16(12)17)19(2)14-6-4-5-7-14/h8-9,11,13-14H,3-7,10,18H2,1-2H3. The van der Waals surface area contributed by atoms with Crippen LogP contribution in [0.1, 0.15) is 44.6 Å². The molecule has 1 atom stereocenters. The highest BCUT2D eigenvalue weighted by molar-refractivity contribution is 9.10. The average Bonchev–Trinajstić information content (AvgIpc) is 2.94. The van der Waals surface area contributed by atoms with E-state index >= 15 is 0 Å². The number of rotatable bonds is 5. The van der Waals surface area contributed by atoms with Crippen molar-refractivity contribution >= 4 is 21.6 Å². The van der Waals surface area contributed by atoms with Crippen molar-refractivity contribution in [2.24, 2.45) is 5.73 Å². The Morgan fingerprint density at radius 3 is 2.63 bits per heavy atom. The van der Waals surface area contributed by atoms with Crippen LogP contribution in [0.3, 0.4) is 0 Å². The summed E-state index contributed by atoms with van der Waals surface area (Å²) < 4.78 is 1.19. The smallest absolute Gasteiger partial charge is 0.0377 e. The SMILES string of the molecule is CCC(N)Cc1ccc(N(C)C2CCCC2)cc1Br. The normalized spacial score (nSPS) is 17.7. The van der Waals surface area contributed by atoms with E-state index in [-0.39, 0.29) is 6.04 Å². The molecule has 0 amide bonds. The van der Waals surface area contributed by atoms with Crippen LogP contribution in [0.25, 0.3) is 0 Å². The molecule has 2 N–H and O–H groups in total. The molecule has 1 aromatic rings. The Kier molecular flexibility index (Phi) is 5.28. The van der Waals surface area contributed by atoms with Crippen molar-refractivity contribution in [1.29, 1.82) is 0 Å². The van der Waals surface area contributed by atoms with Crippen molar-refractivity contribution in [1.82, 2.24) is 0 Å². The maximum Gasteiger partial charge on any atom is 0.0377 e. The average molecular weight is 325 g/mol.